The van der Waals surface area contributed by atoms with Crippen LogP contribution in [0.2, 0.25) is 0 Å². The Hall–Kier alpha value is -2.04. The fourth-order valence-corrected chi connectivity index (χ4v) is 3.34. The normalized spacial score (nSPS) is 21.1. The van der Waals surface area contributed by atoms with E-state index >= 15 is 0 Å². The summed E-state index contributed by atoms with van der Waals surface area (Å²) in [5, 5.41) is 13.7. The number of carbonyl (C=O) groups is 1. The zero-order valence-corrected chi connectivity index (χ0v) is 11.8. The van der Waals surface area contributed by atoms with Crippen LogP contribution in [0.4, 0.5) is 5.69 Å². The topological polar surface area (TPSA) is 55.6 Å². The number of benzene rings is 1. The Morgan fingerprint density at radius 2 is 1.95 bits per heavy atom. The average molecular weight is 274 g/mol. The molecule has 2 aliphatic rings. The highest BCUT2D eigenvalue weighted by molar-refractivity contribution is 6.15. The van der Waals surface area contributed by atoms with E-state index < -0.39 is 5.41 Å². The van der Waals surface area contributed by atoms with Gasteiger partial charge in [-0.15, -0.1) is 0 Å². The minimum Gasteiger partial charge on any atom is -0.596 e. The van der Waals surface area contributed by atoms with Crippen LogP contribution in [0.15, 0.2) is 24.3 Å². The summed E-state index contributed by atoms with van der Waals surface area (Å²) in [6, 6.07) is 7.11. The van der Waals surface area contributed by atoms with Gasteiger partial charge in [-0.1, -0.05) is 34.8 Å². The fourth-order valence-electron chi connectivity index (χ4n) is 3.34. The molecule has 1 amide bonds. The van der Waals surface area contributed by atoms with Crippen molar-refractivity contribution in [2.45, 2.75) is 32.6 Å². The molecule has 1 aliphatic heterocycles. The van der Waals surface area contributed by atoms with Gasteiger partial charge in [-0.3, -0.25) is 4.79 Å². The first-order chi connectivity index (χ1) is 9.62. The van der Waals surface area contributed by atoms with Crippen LogP contribution in [0.25, 0.3) is 0 Å². The monoisotopic (exact) mass is 274 g/mol. The molecule has 1 aromatic rings. The summed E-state index contributed by atoms with van der Waals surface area (Å²) in [7, 11) is 1.54. The molecular weight excluding hydrogens is 256 g/mol. The standard InChI is InChI=1S/C15H18N2O3/c1-11-15(9-5-6-10-15)14(18)16(17(11)19)12-7-3-4-8-13(12)20-2/h3-4,7-8H,5-6,9-10H2,1-2H3. The number of ether oxygens (including phenoxy) is 1. The summed E-state index contributed by atoms with van der Waals surface area (Å²) < 4.78 is 5.27. The molecule has 1 saturated carbocycles. The van der Waals surface area contributed by atoms with Gasteiger partial charge in [0, 0.05) is 6.92 Å². The second kappa shape index (κ2) is 4.51. The predicted molar refractivity (Wildman–Crippen MR) is 75.7 cm³/mol. The van der Waals surface area contributed by atoms with Gasteiger partial charge in [0.1, 0.15) is 11.2 Å². The highest BCUT2D eigenvalue weighted by Gasteiger charge is 2.58. The third-order valence-corrected chi connectivity index (χ3v) is 4.53. The lowest BCUT2D eigenvalue weighted by molar-refractivity contribution is -0.457. The van der Waals surface area contributed by atoms with Crippen LogP contribution in [-0.4, -0.2) is 23.6 Å². The average Bonchev–Trinajstić information content (AvgIpc) is 3.03. The van der Waals surface area contributed by atoms with Crippen molar-refractivity contribution in [2.24, 2.45) is 5.41 Å². The van der Waals surface area contributed by atoms with Gasteiger partial charge in [-0.05, 0) is 25.0 Å². The van der Waals surface area contributed by atoms with Gasteiger partial charge in [0.25, 0.3) is 0 Å². The zero-order chi connectivity index (χ0) is 14.3. The molecule has 3 rings (SSSR count). The second-order valence-electron chi connectivity index (χ2n) is 5.44. The number of hydrazone groups is 1. The van der Waals surface area contributed by atoms with E-state index in [1.54, 1.807) is 25.1 Å². The van der Waals surface area contributed by atoms with E-state index in [0.717, 1.165) is 30.5 Å². The first-order valence-electron chi connectivity index (χ1n) is 6.90. The van der Waals surface area contributed by atoms with Crippen molar-refractivity contribution < 1.29 is 14.4 Å². The van der Waals surface area contributed by atoms with Crippen LogP contribution in [0.1, 0.15) is 32.6 Å². The molecule has 0 unspecified atom stereocenters. The third kappa shape index (κ3) is 1.55. The maximum Gasteiger partial charge on any atom is 0.301 e. The second-order valence-corrected chi connectivity index (χ2v) is 5.44. The number of nitrogens with zero attached hydrogens (tertiary/aromatic N) is 2. The Balaban J connectivity index is 2.10. The molecule has 0 N–H and O–H groups in total. The van der Waals surface area contributed by atoms with Gasteiger partial charge >= 0.3 is 5.91 Å². The summed E-state index contributed by atoms with van der Waals surface area (Å²) in [6.45, 7) is 1.77. The first kappa shape index (κ1) is 13.0. The molecule has 106 valence electrons. The maximum atomic E-state index is 12.8. The van der Waals surface area contributed by atoms with Gasteiger partial charge in [0.05, 0.1) is 7.11 Å². The molecular formula is C15H18N2O3. The van der Waals surface area contributed by atoms with Gasteiger partial charge in [0.2, 0.25) is 5.71 Å². The van der Waals surface area contributed by atoms with E-state index in [0.29, 0.717) is 17.1 Å². The zero-order valence-electron chi connectivity index (χ0n) is 11.8. The first-order valence-corrected chi connectivity index (χ1v) is 6.90. The Bertz CT molecular complexity index is 589. The van der Waals surface area contributed by atoms with Crippen molar-refractivity contribution in [1.82, 2.24) is 0 Å². The molecule has 1 aromatic carbocycles. The van der Waals surface area contributed by atoms with E-state index in [1.807, 2.05) is 6.07 Å². The van der Waals surface area contributed by atoms with Crippen LogP contribution in [0.3, 0.4) is 0 Å². The molecule has 1 heterocycles. The fraction of sp³-hybridized carbons (Fsp3) is 0.467. The Morgan fingerprint density at radius 3 is 2.60 bits per heavy atom. The number of rotatable bonds is 2. The molecule has 0 bridgehead atoms. The Kier molecular flexibility index (Phi) is 2.92. The van der Waals surface area contributed by atoms with E-state index in [2.05, 4.69) is 0 Å². The minimum atomic E-state index is -0.595. The molecule has 0 saturated heterocycles. The van der Waals surface area contributed by atoms with Crippen molar-refractivity contribution >= 4 is 17.3 Å². The molecule has 20 heavy (non-hydrogen) atoms. The molecule has 1 fully saturated rings. The van der Waals surface area contributed by atoms with Crippen molar-refractivity contribution in [3.8, 4) is 5.75 Å². The number of methoxy groups -OCH3 is 1. The number of carbonyl (C=O) groups excluding carboxylic acids is 1. The van der Waals surface area contributed by atoms with Crippen molar-refractivity contribution in [3.05, 3.63) is 29.5 Å². The van der Waals surface area contributed by atoms with Gasteiger partial charge in [-0.2, -0.15) is 0 Å². The van der Waals surface area contributed by atoms with Gasteiger partial charge in [0.15, 0.2) is 5.69 Å². The van der Waals surface area contributed by atoms with E-state index in [4.69, 9.17) is 4.74 Å². The van der Waals surface area contributed by atoms with Crippen LogP contribution < -0.4 is 9.75 Å². The highest BCUT2D eigenvalue weighted by atomic mass is 16.5. The molecule has 1 spiro atoms. The van der Waals surface area contributed by atoms with E-state index in [-0.39, 0.29) is 5.91 Å². The molecule has 1 aliphatic carbocycles. The van der Waals surface area contributed by atoms with E-state index in [9.17, 15) is 10.0 Å². The van der Waals surface area contributed by atoms with Crippen LogP contribution in [0, 0.1) is 10.6 Å². The lowest BCUT2D eigenvalue weighted by atomic mass is 9.81. The van der Waals surface area contributed by atoms with Crippen LogP contribution >= 0.6 is 0 Å². The number of para-hydroxylation sites is 2. The summed E-state index contributed by atoms with van der Waals surface area (Å²) in [5.41, 5.74) is 0.520. The maximum absolute atomic E-state index is 12.8. The Morgan fingerprint density at radius 1 is 1.30 bits per heavy atom. The summed E-state index contributed by atoms with van der Waals surface area (Å²) in [4.78, 5) is 13.6. The molecule has 0 atom stereocenters. The van der Waals surface area contributed by atoms with E-state index in [1.165, 1.54) is 12.1 Å². The van der Waals surface area contributed by atoms with Crippen LogP contribution in [-0.2, 0) is 4.79 Å². The predicted octanol–water partition coefficient (Wildman–Crippen LogP) is 2.49. The summed E-state index contributed by atoms with van der Waals surface area (Å²) in [5.74, 6) is 0.413. The SMILES string of the molecule is COc1ccccc1N1C(=O)C2(CCCC2)C(C)=[N+]1[O-]. The molecule has 5 heteroatoms. The number of hydrogen-bond donors (Lipinski definition) is 0. The number of hydrogen-bond acceptors (Lipinski definition) is 3. The largest absolute Gasteiger partial charge is 0.596 e. The number of amides is 1. The quantitative estimate of drug-likeness (QED) is 0.615. The van der Waals surface area contributed by atoms with Gasteiger partial charge < -0.3 is 9.94 Å². The van der Waals surface area contributed by atoms with Gasteiger partial charge in [-0.25, -0.2) is 0 Å². The molecule has 5 nitrogen and oxygen atoms in total. The lowest BCUT2D eigenvalue weighted by Crippen LogP contribution is -2.38. The number of hydrazine groups is 1. The molecule has 0 aromatic heterocycles. The van der Waals surface area contributed by atoms with Crippen molar-refractivity contribution in [2.75, 3.05) is 12.1 Å². The van der Waals surface area contributed by atoms with Crippen molar-refractivity contribution in [3.63, 3.8) is 0 Å². The smallest absolute Gasteiger partial charge is 0.301 e. The summed E-state index contributed by atoms with van der Waals surface area (Å²) in [6.07, 6.45) is 3.53. The van der Waals surface area contributed by atoms with Crippen LogP contribution in [0.5, 0.6) is 5.75 Å². The highest BCUT2D eigenvalue weighted by Crippen LogP contribution is 2.46. The lowest BCUT2D eigenvalue weighted by Gasteiger charge is -2.19. The number of anilines is 1. The third-order valence-electron chi connectivity index (χ3n) is 4.53. The minimum absolute atomic E-state index is 0.119. The summed E-state index contributed by atoms with van der Waals surface area (Å²) >= 11 is 0. The Labute approximate surface area is 118 Å². The van der Waals surface area contributed by atoms with Crippen molar-refractivity contribution in [1.29, 1.82) is 0 Å². The molecule has 0 radical (unpaired) electrons.